The topological polar surface area (TPSA) is 180 Å². The Labute approximate surface area is 689 Å². The molecule has 1 aromatic heterocycles. The molecule has 123 heavy (non-hydrogen) atoms. The van der Waals surface area contributed by atoms with Gasteiger partial charge in [-0.2, -0.15) is 79.0 Å². The highest BCUT2D eigenvalue weighted by atomic mass is 19.4. The molecule has 0 radical (unpaired) electrons. The molecule has 0 saturated carbocycles. The molecule has 5 N–H and O–H groups in total. The number of aliphatic hydroxyl groups is 3. The second kappa shape index (κ2) is 34.1. The molecule has 4 saturated heterocycles. The first kappa shape index (κ1) is 90.9. The van der Waals surface area contributed by atoms with Gasteiger partial charge in [0.05, 0.1) is 0 Å². The minimum absolute atomic E-state index is 0.0585. The van der Waals surface area contributed by atoms with Crippen molar-refractivity contribution in [3.8, 4) is 11.5 Å². The van der Waals surface area contributed by atoms with Crippen molar-refractivity contribution < 1.29 is 131 Å². The predicted octanol–water partition coefficient (Wildman–Crippen LogP) is 19.0. The predicted molar refractivity (Wildman–Crippen MR) is 404 cm³/mol. The van der Waals surface area contributed by atoms with Gasteiger partial charge in [-0.1, -0.05) is 172 Å². The van der Waals surface area contributed by atoms with Crippen LogP contribution in [0, 0.1) is 17.5 Å². The fraction of sp³-hybridized carbons (Fsp3) is 0.356. The summed E-state index contributed by atoms with van der Waals surface area (Å²) in [6, 6.07) is 43.9. The smallest absolute Gasteiger partial charge is 0.430 e. The molecule has 0 spiro atoms. The average molecular weight is 1750 g/mol. The zero-order chi connectivity index (χ0) is 89.6. The molecule has 8 aromatic carbocycles. The van der Waals surface area contributed by atoms with Gasteiger partial charge in [-0.25, -0.2) is 27.6 Å². The van der Waals surface area contributed by atoms with E-state index < -0.39 is 134 Å². The van der Waals surface area contributed by atoms with Crippen LogP contribution in [0.3, 0.4) is 0 Å². The molecule has 4 fully saturated rings. The third-order valence-electron chi connectivity index (χ3n) is 23.9. The Morgan fingerprint density at radius 1 is 0.398 bits per heavy atom. The molecule has 656 valence electrons. The molecule has 36 heteroatoms. The van der Waals surface area contributed by atoms with Crippen molar-refractivity contribution in [1.29, 1.82) is 0 Å². The quantitative estimate of drug-likeness (QED) is 0.0662. The molecule has 5 aliphatic heterocycles. The number of hydrogen-bond donors (Lipinski definition) is 5. The number of likely N-dealkylation sites (tertiary alicyclic amines) is 4. The van der Waals surface area contributed by atoms with Crippen molar-refractivity contribution in [3.63, 3.8) is 0 Å². The molecule has 6 heterocycles. The van der Waals surface area contributed by atoms with E-state index in [4.69, 9.17) is 9.47 Å². The Bertz CT molecular complexity index is 5140. The number of urea groups is 3. The highest BCUT2D eigenvalue weighted by molar-refractivity contribution is 5.77. The maximum atomic E-state index is 13.8. The number of hydrogen-bond acceptors (Lipinski definition) is 9. The lowest BCUT2D eigenvalue weighted by molar-refractivity contribution is -0.376. The average Bonchev–Trinajstić information content (AvgIpc) is 0.875. The number of halogens is 21. The number of fused-ring (bicyclic) bond motifs is 1. The number of carbonyl (C=O) groups is 3. The van der Waals surface area contributed by atoms with Crippen LogP contribution in [-0.2, 0) is 46.1 Å². The fourth-order valence-corrected chi connectivity index (χ4v) is 16.8. The summed E-state index contributed by atoms with van der Waals surface area (Å²) < 4.78 is 293. The molecule has 15 nitrogen and oxygen atoms in total. The largest absolute Gasteiger partial charge is 0.454 e. The van der Waals surface area contributed by atoms with Crippen LogP contribution < -0.4 is 20.1 Å². The van der Waals surface area contributed by atoms with Crippen LogP contribution in [-0.4, -0.2) is 154 Å². The zero-order valence-corrected chi connectivity index (χ0v) is 65.1. The summed E-state index contributed by atoms with van der Waals surface area (Å²) in [6.45, 7) is 7.61. The van der Waals surface area contributed by atoms with Crippen molar-refractivity contribution in [2.75, 3.05) is 59.2 Å². The number of nitrogens with zero attached hydrogens (tertiary/aromatic N) is 5. The Balaban J connectivity index is 0.000000169. The highest BCUT2D eigenvalue weighted by Gasteiger charge is 2.74. The first-order valence-corrected chi connectivity index (χ1v) is 38.0. The van der Waals surface area contributed by atoms with E-state index in [1.165, 1.54) is 70.5 Å². The molecule has 0 aliphatic carbocycles. The monoisotopic (exact) mass is 1750 g/mol. The van der Waals surface area contributed by atoms with Gasteiger partial charge in [-0.05, 0) is 111 Å². The molecule has 14 rings (SSSR count). The van der Waals surface area contributed by atoms with Crippen LogP contribution in [0.15, 0.2) is 219 Å². The number of amides is 6. The van der Waals surface area contributed by atoms with Gasteiger partial charge in [0.1, 0.15) is 17.5 Å². The molecule has 0 bridgehead atoms. The Morgan fingerprint density at radius 3 is 1.11 bits per heavy atom. The van der Waals surface area contributed by atoms with Crippen molar-refractivity contribution in [2.24, 2.45) is 0 Å². The number of rotatable bonds is 14. The van der Waals surface area contributed by atoms with E-state index in [1.807, 2.05) is 49.4 Å². The molecule has 1 unspecified atom stereocenters. The number of alkyl halides is 18. The van der Waals surface area contributed by atoms with Crippen molar-refractivity contribution in [1.82, 2.24) is 35.2 Å². The summed E-state index contributed by atoms with van der Waals surface area (Å²) in [5, 5.41) is 35.0. The lowest BCUT2D eigenvalue weighted by Gasteiger charge is -2.34. The van der Waals surface area contributed by atoms with Crippen LogP contribution in [0.2, 0.25) is 0 Å². The van der Waals surface area contributed by atoms with Gasteiger partial charge >= 0.3 is 55.2 Å². The van der Waals surface area contributed by atoms with Gasteiger partial charge in [0.25, 0.3) is 16.8 Å². The number of carbonyl (C=O) groups excluding carboxylic acids is 3. The molecule has 5 aliphatic rings. The minimum atomic E-state index is -6.02. The van der Waals surface area contributed by atoms with Gasteiger partial charge in [0, 0.05) is 134 Å². The van der Waals surface area contributed by atoms with Gasteiger partial charge < -0.3 is 55.0 Å². The van der Waals surface area contributed by atoms with E-state index in [0.717, 1.165) is 59.5 Å². The summed E-state index contributed by atoms with van der Waals surface area (Å²) in [7, 11) is 0. The summed E-state index contributed by atoms with van der Waals surface area (Å²) in [5.74, 6) is -1.96. The lowest BCUT2D eigenvalue weighted by atomic mass is 9.71. The van der Waals surface area contributed by atoms with Crippen LogP contribution in [0.4, 0.5) is 107 Å². The van der Waals surface area contributed by atoms with E-state index in [1.54, 1.807) is 66.4 Å². The van der Waals surface area contributed by atoms with E-state index >= 15 is 0 Å². The van der Waals surface area contributed by atoms with E-state index in [2.05, 4.69) is 15.6 Å². The van der Waals surface area contributed by atoms with E-state index in [-0.39, 0.29) is 71.1 Å². The third kappa shape index (κ3) is 18.0. The van der Waals surface area contributed by atoms with E-state index in [9.17, 15) is 122 Å². The maximum absolute atomic E-state index is 13.8. The molecule has 6 amide bonds. The van der Waals surface area contributed by atoms with E-state index in [0.29, 0.717) is 94.4 Å². The maximum Gasteiger partial charge on any atom is 0.430 e. The SMILES string of the molecule is C[C@]1(c2ccc(F)cc2)CN(C(=O)N2CCC(c3cccnc3)C2)C[C@H]1c1ccc(C(O)(C(F)(F)F)C(F)(F)F)cc1.C[C@]1(c2ccc(F)cc2)CN(C(=O)NCc2ccc3c(c2)OCO3)C[C@H]1c1ccc(C(O)(C(F)(F)F)C(F)(F)F)cc1.C[C@]1(c2ccc(F)cc2)CN(C(=O)NCc2ccccc2)C[C@H]1c1ccc(C(O)(C(F)(F)F)C(F)(F)F)cc1. The number of pyridine rings is 1. The Morgan fingerprint density at radius 2 is 0.748 bits per heavy atom. The van der Waals surface area contributed by atoms with Crippen LogP contribution in [0.25, 0.3) is 0 Å². The van der Waals surface area contributed by atoms with Gasteiger partial charge in [-0.3, -0.25) is 4.98 Å². The van der Waals surface area contributed by atoms with Crippen LogP contribution in [0.5, 0.6) is 11.5 Å². The molecular weight excluding hydrogens is 1670 g/mol. The second-order valence-corrected chi connectivity index (χ2v) is 31.5. The number of ether oxygens (including phenoxy) is 2. The number of aromatic nitrogens is 1. The molecular formula is C87H78F21N7O8. The first-order valence-electron chi connectivity index (χ1n) is 38.0. The Hall–Kier alpha value is -11.3. The third-order valence-corrected chi connectivity index (χ3v) is 23.9. The first-order chi connectivity index (χ1) is 57.4. The fourth-order valence-electron chi connectivity index (χ4n) is 16.8. The molecule has 7 atom stereocenters. The van der Waals surface area contributed by atoms with Crippen molar-refractivity contribution >= 4 is 18.1 Å². The second-order valence-electron chi connectivity index (χ2n) is 31.5. The summed E-state index contributed by atoms with van der Waals surface area (Å²) in [5.41, 5.74) is -16.3. The standard InChI is InChI=1S/C30H28F7N3O2.C29H25F7N2O4.C28H25F7N2O2/c1-27(22-8-10-24(31)11-9-22)18-40(26(41)39-14-12-21(16-39)20-3-2-13-38-15-20)17-25(27)19-4-6-23(7-5-19)28(42,29(32,33)34)30(35,36)37;1-26(19-7-9-21(30)10-8-19)15-38(25(39)37-13-17-2-11-23-24(12-17)42-16-41-23)14-22(26)18-3-5-20(6-4-18)27(40,28(31,32)33)29(34,35)36;1-25(20-11-13-22(29)14-12-20)17-37(24(38)36-15-18-5-3-2-4-6-18)16-23(25)19-7-9-21(10-8-19)26(39,27(30,31)32)28(33,34)35/h2-11,13,15,21,25,42H,12,14,16-18H2,1H3;2-12,22,40H,13-16H2,1H3,(H,37,39);2-14,23,39H,15-17H2,1H3,(H,36,38)/t21?,25-,27+;22-,26+;23-,25+/m000/s1. The van der Waals surface area contributed by atoms with Gasteiger partial charge in [0.2, 0.25) is 6.79 Å². The van der Waals surface area contributed by atoms with Gasteiger partial charge in [0.15, 0.2) is 11.5 Å². The molecule has 9 aromatic rings. The number of nitrogens with one attached hydrogen (secondary N) is 2. The summed E-state index contributed by atoms with van der Waals surface area (Å²) in [6.07, 6.45) is -31.9. The summed E-state index contributed by atoms with van der Waals surface area (Å²) in [4.78, 5) is 50.4. The normalized spacial score (nSPS) is 21.5. The lowest BCUT2D eigenvalue weighted by Crippen LogP contribution is -2.53. The van der Waals surface area contributed by atoms with Crippen LogP contribution >= 0.6 is 0 Å². The van der Waals surface area contributed by atoms with Crippen molar-refractivity contribution in [2.45, 2.75) is 134 Å². The van der Waals surface area contributed by atoms with Crippen molar-refractivity contribution in [3.05, 3.63) is 303 Å². The van der Waals surface area contributed by atoms with Crippen LogP contribution in [0.1, 0.15) is 118 Å². The Kier molecular flexibility index (Phi) is 25.2. The number of benzene rings is 8. The minimum Gasteiger partial charge on any atom is -0.454 e. The zero-order valence-electron chi connectivity index (χ0n) is 65.1. The highest BCUT2D eigenvalue weighted by Crippen LogP contribution is 2.56. The van der Waals surface area contributed by atoms with Gasteiger partial charge in [-0.15, -0.1) is 0 Å². The summed E-state index contributed by atoms with van der Waals surface area (Å²) >= 11 is 0.